The van der Waals surface area contributed by atoms with Gasteiger partial charge >= 0.3 is 0 Å². The number of hydrogen-bond donors (Lipinski definition) is 1. The summed E-state index contributed by atoms with van der Waals surface area (Å²) in [5.74, 6) is 0.923. The lowest BCUT2D eigenvalue weighted by atomic mass is 9.78. The summed E-state index contributed by atoms with van der Waals surface area (Å²) in [6.07, 6.45) is 8.71. The summed E-state index contributed by atoms with van der Waals surface area (Å²) in [5.41, 5.74) is -0.288. The highest BCUT2D eigenvalue weighted by Crippen LogP contribution is 2.34. The third-order valence-electron chi connectivity index (χ3n) is 5.14. The molecule has 2 aliphatic rings. The lowest BCUT2D eigenvalue weighted by Crippen LogP contribution is -2.55. The molecular formula is C17H31N3. The molecule has 0 aromatic carbocycles. The van der Waals surface area contributed by atoms with Gasteiger partial charge in [-0.25, -0.2) is 0 Å². The van der Waals surface area contributed by atoms with Gasteiger partial charge < -0.3 is 4.90 Å². The molecule has 0 amide bonds. The van der Waals surface area contributed by atoms with Crippen LogP contribution in [0.5, 0.6) is 0 Å². The highest BCUT2D eigenvalue weighted by molar-refractivity contribution is 5.11. The van der Waals surface area contributed by atoms with Crippen LogP contribution in [0.3, 0.4) is 0 Å². The second-order valence-corrected chi connectivity index (χ2v) is 7.13. The maximum Gasteiger partial charge on any atom is 0.108 e. The van der Waals surface area contributed by atoms with Crippen molar-refractivity contribution in [2.24, 2.45) is 5.92 Å². The molecule has 2 aliphatic carbocycles. The van der Waals surface area contributed by atoms with E-state index in [9.17, 15) is 5.26 Å². The smallest absolute Gasteiger partial charge is 0.108 e. The molecule has 2 atom stereocenters. The minimum atomic E-state index is -0.288. The molecule has 0 aromatic rings. The van der Waals surface area contributed by atoms with E-state index < -0.39 is 0 Å². The van der Waals surface area contributed by atoms with Gasteiger partial charge in [0.2, 0.25) is 0 Å². The maximum atomic E-state index is 9.67. The molecule has 114 valence electrons. The monoisotopic (exact) mass is 277 g/mol. The number of hydrogen-bond acceptors (Lipinski definition) is 3. The normalized spacial score (nSPS) is 31.3. The molecule has 0 aromatic heterocycles. The zero-order valence-corrected chi connectivity index (χ0v) is 13.5. The van der Waals surface area contributed by atoms with E-state index in [4.69, 9.17) is 0 Å². The van der Waals surface area contributed by atoms with E-state index in [0.29, 0.717) is 12.1 Å². The van der Waals surface area contributed by atoms with Crippen molar-refractivity contribution in [3.63, 3.8) is 0 Å². The van der Waals surface area contributed by atoms with Crippen molar-refractivity contribution in [1.29, 1.82) is 5.26 Å². The van der Waals surface area contributed by atoms with Gasteiger partial charge in [-0.2, -0.15) is 5.26 Å². The Balaban J connectivity index is 1.98. The van der Waals surface area contributed by atoms with Gasteiger partial charge in [-0.15, -0.1) is 0 Å². The third-order valence-corrected chi connectivity index (χ3v) is 5.14. The molecule has 3 heteroatoms. The average Bonchev–Trinajstić information content (AvgIpc) is 2.37. The summed E-state index contributed by atoms with van der Waals surface area (Å²) in [5, 5.41) is 13.2. The highest BCUT2D eigenvalue weighted by Gasteiger charge is 2.39. The third kappa shape index (κ3) is 3.74. The molecule has 2 rings (SSSR count). The van der Waals surface area contributed by atoms with E-state index >= 15 is 0 Å². The predicted molar refractivity (Wildman–Crippen MR) is 83.5 cm³/mol. The first-order chi connectivity index (χ1) is 9.58. The standard InChI is InChI=1S/C17H31N3/c1-4-20(12-15-7-5-8-15)16-9-6-10-17(11-16,13-18)19-14(2)3/h14-16,19H,4-12H2,1-3H3. The number of nitriles is 1. The molecule has 0 spiro atoms. The fraction of sp³-hybridized carbons (Fsp3) is 0.941. The van der Waals surface area contributed by atoms with Gasteiger partial charge in [0.15, 0.2) is 0 Å². The van der Waals surface area contributed by atoms with Gasteiger partial charge in [-0.05, 0) is 64.8 Å². The first-order valence-corrected chi connectivity index (χ1v) is 8.51. The lowest BCUT2D eigenvalue weighted by molar-refractivity contribution is 0.0882. The average molecular weight is 277 g/mol. The van der Waals surface area contributed by atoms with Crippen LogP contribution < -0.4 is 5.32 Å². The van der Waals surface area contributed by atoms with Crippen molar-refractivity contribution in [2.45, 2.75) is 83.3 Å². The second kappa shape index (κ2) is 6.91. The zero-order chi connectivity index (χ0) is 14.6. The van der Waals surface area contributed by atoms with Crippen LogP contribution in [0, 0.1) is 17.2 Å². The molecule has 3 nitrogen and oxygen atoms in total. The van der Waals surface area contributed by atoms with Crippen LogP contribution >= 0.6 is 0 Å². The minimum absolute atomic E-state index is 0.288. The number of nitrogens with zero attached hydrogens (tertiary/aromatic N) is 2. The molecule has 0 radical (unpaired) electrons. The van der Waals surface area contributed by atoms with Crippen molar-refractivity contribution in [1.82, 2.24) is 10.2 Å². The Morgan fingerprint density at radius 1 is 1.30 bits per heavy atom. The molecule has 0 saturated heterocycles. The summed E-state index contributed by atoms with van der Waals surface area (Å²) in [6, 6.07) is 3.58. The Hall–Kier alpha value is -0.590. The molecular weight excluding hydrogens is 246 g/mol. The fourth-order valence-electron chi connectivity index (χ4n) is 3.92. The van der Waals surface area contributed by atoms with E-state index in [1.165, 1.54) is 38.6 Å². The van der Waals surface area contributed by atoms with Crippen LogP contribution in [-0.2, 0) is 0 Å². The van der Waals surface area contributed by atoms with Gasteiger partial charge in [0.25, 0.3) is 0 Å². The quantitative estimate of drug-likeness (QED) is 0.809. The molecule has 0 heterocycles. The topological polar surface area (TPSA) is 39.1 Å². The van der Waals surface area contributed by atoms with Crippen LogP contribution in [0.2, 0.25) is 0 Å². The highest BCUT2D eigenvalue weighted by atomic mass is 15.2. The van der Waals surface area contributed by atoms with Crippen LogP contribution in [0.4, 0.5) is 0 Å². The molecule has 0 aliphatic heterocycles. The Labute approximate surface area is 124 Å². The summed E-state index contributed by atoms with van der Waals surface area (Å²) < 4.78 is 0. The van der Waals surface area contributed by atoms with Gasteiger partial charge in [0, 0.05) is 18.6 Å². The van der Waals surface area contributed by atoms with Crippen molar-refractivity contribution in [2.75, 3.05) is 13.1 Å². The molecule has 1 N–H and O–H groups in total. The van der Waals surface area contributed by atoms with Gasteiger partial charge in [-0.1, -0.05) is 13.3 Å². The number of rotatable bonds is 6. The zero-order valence-electron chi connectivity index (χ0n) is 13.5. The van der Waals surface area contributed by atoms with Crippen molar-refractivity contribution < 1.29 is 0 Å². The lowest BCUT2D eigenvalue weighted by Gasteiger charge is -2.44. The Bertz CT molecular complexity index is 343. The van der Waals surface area contributed by atoms with Crippen molar-refractivity contribution in [3.05, 3.63) is 0 Å². The summed E-state index contributed by atoms with van der Waals surface area (Å²) in [6.45, 7) is 8.95. The minimum Gasteiger partial charge on any atom is -0.300 e. The Morgan fingerprint density at radius 2 is 2.05 bits per heavy atom. The van der Waals surface area contributed by atoms with E-state index in [1.807, 2.05) is 0 Å². The Morgan fingerprint density at radius 3 is 2.55 bits per heavy atom. The molecule has 20 heavy (non-hydrogen) atoms. The molecule has 2 fully saturated rings. The largest absolute Gasteiger partial charge is 0.300 e. The van der Waals surface area contributed by atoms with Crippen molar-refractivity contribution in [3.8, 4) is 6.07 Å². The Kier molecular flexibility index (Phi) is 5.46. The SMILES string of the molecule is CCN(CC1CCC1)C1CCCC(C#N)(NC(C)C)C1. The molecule has 2 saturated carbocycles. The summed E-state index contributed by atoms with van der Waals surface area (Å²) in [7, 11) is 0. The van der Waals surface area contributed by atoms with Gasteiger partial charge in [0.1, 0.15) is 5.54 Å². The van der Waals surface area contributed by atoms with Crippen molar-refractivity contribution >= 4 is 0 Å². The van der Waals surface area contributed by atoms with Crippen LogP contribution in [0.1, 0.15) is 65.7 Å². The van der Waals surface area contributed by atoms with E-state index in [-0.39, 0.29) is 5.54 Å². The summed E-state index contributed by atoms with van der Waals surface area (Å²) >= 11 is 0. The van der Waals surface area contributed by atoms with Gasteiger partial charge in [0.05, 0.1) is 6.07 Å². The molecule has 2 unspecified atom stereocenters. The van der Waals surface area contributed by atoms with E-state index in [2.05, 4.69) is 37.1 Å². The predicted octanol–water partition coefficient (Wildman–Crippen LogP) is 3.31. The van der Waals surface area contributed by atoms with Crippen LogP contribution in [-0.4, -0.2) is 35.6 Å². The maximum absolute atomic E-state index is 9.67. The first-order valence-electron chi connectivity index (χ1n) is 8.51. The summed E-state index contributed by atoms with van der Waals surface area (Å²) in [4.78, 5) is 2.65. The van der Waals surface area contributed by atoms with Crippen LogP contribution in [0.15, 0.2) is 0 Å². The van der Waals surface area contributed by atoms with E-state index in [0.717, 1.165) is 25.3 Å². The van der Waals surface area contributed by atoms with Gasteiger partial charge in [-0.3, -0.25) is 5.32 Å². The first kappa shape index (κ1) is 15.8. The number of nitrogens with one attached hydrogen (secondary N) is 1. The van der Waals surface area contributed by atoms with E-state index in [1.54, 1.807) is 0 Å². The van der Waals surface area contributed by atoms with Crippen LogP contribution in [0.25, 0.3) is 0 Å². The fourth-order valence-corrected chi connectivity index (χ4v) is 3.92. The second-order valence-electron chi connectivity index (χ2n) is 7.13. The molecule has 0 bridgehead atoms.